The molecule has 0 atom stereocenters. The van der Waals surface area contributed by atoms with Crippen LogP contribution in [0.4, 0.5) is 5.95 Å². The predicted octanol–water partition coefficient (Wildman–Crippen LogP) is -1.10. The van der Waals surface area contributed by atoms with Gasteiger partial charge in [0.1, 0.15) is 0 Å². The molecule has 10 heavy (non-hydrogen) atoms. The quantitative estimate of drug-likeness (QED) is 0.547. The van der Waals surface area contributed by atoms with Crippen molar-refractivity contribution in [3.05, 3.63) is 5.82 Å². The van der Waals surface area contributed by atoms with Crippen molar-refractivity contribution < 1.29 is 0 Å². The molecule has 0 saturated heterocycles. The lowest BCUT2D eigenvalue weighted by Crippen LogP contribution is -2.04. The molecule has 0 bridgehead atoms. The van der Waals surface area contributed by atoms with E-state index in [9.17, 15) is 0 Å². The molecule has 1 aromatic rings. The number of nitrogens with zero attached hydrogens (tertiary/aromatic N) is 3. The van der Waals surface area contributed by atoms with Crippen LogP contribution in [0.2, 0.25) is 0 Å². The summed E-state index contributed by atoms with van der Waals surface area (Å²) in [6.45, 7) is 0.559. The molecule has 4 N–H and O–H groups in total. The van der Waals surface area contributed by atoms with Gasteiger partial charge < -0.3 is 11.5 Å². The molecule has 0 aromatic carbocycles. The zero-order chi connectivity index (χ0) is 7.56. The summed E-state index contributed by atoms with van der Waals surface area (Å²) in [7, 11) is 1.75. The molecule has 56 valence electrons. The Morgan fingerprint density at radius 1 is 1.60 bits per heavy atom. The van der Waals surface area contributed by atoms with Gasteiger partial charge in [-0.3, -0.25) is 0 Å². The third kappa shape index (κ3) is 1.24. The first-order valence-corrected chi connectivity index (χ1v) is 3.09. The average molecular weight is 141 g/mol. The van der Waals surface area contributed by atoms with Gasteiger partial charge in [-0.15, -0.1) is 0 Å². The molecule has 5 heteroatoms. The van der Waals surface area contributed by atoms with Gasteiger partial charge in [0.25, 0.3) is 0 Å². The fourth-order valence-electron chi connectivity index (χ4n) is 0.686. The Balaban J connectivity index is 2.77. The minimum atomic E-state index is 0.434. The highest BCUT2D eigenvalue weighted by Crippen LogP contribution is 1.96. The van der Waals surface area contributed by atoms with Crippen molar-refractivity contribution in [2.45, 2.75) is 6.42 Å². The topological polar surface area (TPSA) is 82.8 Å². The van der Waals surface area contributed by atoms with Gasteiger partial charge in [0.2, 0.25) is 5.95 Å². The maximum atomic E-state index is 5.42. The van der Waals surface area contributed by atoms with Gasteiger partial charge in [0, 0.05) is 13.5 Å². The summed E-state index contributed by atoms with van der Waals surface area (Å²) in [5.41, 5.74) is 10.7. The Labute approximate surface area is 59.0 Å². The highest BCUT2D eigenvalue weighted by molar-refractivity contribution is 5.15. The SMILES string of the molecule is Cn1nc(CCN)nc1N. The van der Waals surface area contributed by atoms with E-state index in [4.69, 9.17) is 11.5 Å². The molecule has 0 saturated carbocycles. The smallest absolute Gasteiger partial charge is 0.218 e. The van der Waals surface area contributed by atoms with Crippen molar-refractivity contribution in [2.24, 2.45) is 12.8 Å². The number of hydrogen-bond donors (Lipinski definition) is 2. The van der Waals surface area contributed by atoms with E-state index < -0.39 is 0 Å². The normalized spacial score (nSPS) is 10.2. The number of hydrogen-bond acceptors (Lipinski definition) is 4. The number of anilines is 1. The number of rotatable bonds is 2. The van der Waals surface area contributed by atoms with Gasteiger partial charge in [-0.05, 0) is 6.54 Å². The Bertz CT molecular complexity index is 196. The zero-order valence-corrected chi connectivity index (χ0v) is 5.91. The lowest BCUT2D eigenvalue weighted by Gasteiger charge is -1.86. The van der Waals surface area contributed by atoms with Crippen molar-refractivity contribution in [2.75, 3.05) is 12.3 Å². The van der Waals surface area contributed by atoms with Gasteiger partial charge in [-0.1, -0.05) is 0 Å². The first-order valence-electron chi connectivity index (χ1n) is 3.09. The highest BCUT2D eigenvalue weighted by atomic mass is 15.4. The second kappa shape index (κ2) is 2.66. The molecule has 1 aromatic heterocycles. The van der Waals surface area contributed by atoms with E-state index in [1.165, 1.54) is 4.68 Å². The molecule has 0 radical (unpaired) electrons. The van der Waals surface area contributed by atoms with Gasteiger partial charge in [0.15, 0.2) is 5.82 Å². The van der Waals surface area contributed by atoms with Gasteiger partial charge in [-0.25, -0.2) is 4.68 Å². The van der Waals surface area contributed by atoms with E-state index in [0.29, 0.717) is 24.7 Å². The van der Waals surface area contributed by atoms with E-state index in [1.807, 2.05) is 0 Å². The van der Waals surface area contributed by atoms with Gasteiger partial charge in [0.05, 0.1) is 0 Å². The predicted molar refractivity (Wildman–Crippen MR) is 38.2 cm³/mol. The van der Waals surface area contributed by atoms with Crippen LogP contribution in [-0.4, -0.2) is 21.3 Å². The minimum Gasteiger partial charge on any atom is -0.368 e. The molecule has 0 fully saturated rings. The Morgan fingerprint density at radius 2 is 2.30 bits per heavy atom. The molecule has 0 amide bonds. The van der Waals surface area contributed by atoms with Crippen LogP contribution in [0.3, 0.4) is 0 Å². The van der Waals surface area contributed by atoms with Crippen LogP contribution in [0.1, 0.15) is 5.82 Å². The molecule has 0 unspecified atom stereocenters. The van der Waals surface area contributed by atoms with Crippen LogP contribution >= 0.6 is 0 Å². The van der Waals surface area contributed by atoms with Crippen LogP contribution in [0.15, 0.2) is 0 Å². The van der Waals surface area contributed by atoms with Crippen molar-refractivity contribution in [3.63, 3.8) is 0 Å². The number of aromatic nitrogens is 3. The lowest BCUT2D eigenvalue weighted by molar-refractivity contribution is 0.746. The first-order chi connectivity index (χ1) is 4.74. The maximum absolute atomic E-state index is 5.42. The van der Waals surface area contributed by atoms with Crippen molar-refractivity contribution in [1.82, 2.24) is 14.8 Å². The van der Waals surface area contributed by atoms with Crippen molar-refractivity contribution in [1.29, 1.82) is 0 Å². The molecule has 0 aliphatic heterocycles. The van der Waals surface area contributed by atoms with Crippen LogP contribution in [-0.2, 0) is 13.5 Å². The maximum Gasteiger partial charge on any atom is 0.218 e. The summed E-state index contributed by atoms with van der Waals surface area (Å²) >= 11 is 0. The molecule has 0 aliphatic rings. The number of aryl methyl sites for hydroxylation is 1. The molecular weight excluding hydrogens is 130 g/mol. The second-order valence-corrected chi connectivity index (χ2v) is 2.05. The van der Waals surface area contributed by atoms with E-state index in [0.717, 1.165) is 0 Å². The van der Waals surface area contributed by atoms with Gasteiger partial charge in [-0.2, -0.15) is 10.1 Å². The van der Waals surface area contributed by atoms with Crippen LogP contribution < -0.4 is 11.5 Å². The summed E-state index contributed by atoms with van der Waals surface area (Å²) in [5.74, 6) is 1.14. The van der Waals surface area contributed by atoms with Crippen molar-refractivity contribution in [3.8, 4) is 0 Å². The van der Waals surface area contributed by atoms with Crippen LogP contribution in [0.5, 0.6) is 0 Å². The highest BCUT2D eigenvalue weighted by Gasteiger charge is 2.00. The number of nitrogen functional groups attached to an aromatic ring is 1. The molecule has 1 heterocycles. The zero-order valence-electron chi connectivity index (χ0n) is 5.91. The van der Waals surface area contributed by atoms with Crippen LogP contribution in [0, 0.1) is 0 Å². The molecule has 5 nitrogen and oxygen atoms in total. The van der Waals surface area contributed by atoms with E-state index in [1.54, 1.807) is 7.05 Å². The summed E-state index contributed by atoms with van der Waals surface area (Å²) in [5, 5.41) is 4.00. The van der Waals surface area contributed by atoms with E-state index in [-0.39, 0.29) is 0 Å². The standard InChI is InChI=1S/C5H11N5/c1-10-5(7)8-4(9-10)2-3-6/h2-3,6H2,1H3,(H2,7,8,9). The molecule has 1 rings (SSSR count). The second-order valence-electron chi connectivity index (χ2n) is 2.05. The fourth-order valence-corrected chi connectivity index (χ4v) is 0.686. The molecule has 0 spiro atoms. The monoisotopic (exact) mass is 141 g/mol. The Kier molecular flexibility index (Phi) is 1.86. The fraction of sp³-hybridized carbons (Fsp3) is 0.600. The molecule has 0 aliphatic carbocycles. The number of nitrogens with two attached hydrogens (primary N) is 2. The van der Waals surface area contributed by atoms with E-state index in [2.05, 4.69) is 10.1 Å². The van der Waals surface area contributed by atoms with E-state index >= 15 is 0 Å². The minimum absolute atomic E-state index is 0.434. The summed E-state index contributed by atoms with van der Waals surface area (Å²) in [4.78, 5) is 3.95. The Hall–Kier alpha value is -1.10. The van der Waals surface area contributed by atoms with Gasteiger partial charge >= 0.3 is 0 Å². The third-order valence-corrected chi connectivity index (χ3v) is 1.21. The van der Waals surface area contributed by atoms with Crippen molar-refractivity contribution >= 4 is 5.95 Å². The first kappa shape index (κ1) is 7.01. The third-order valence-electron chi connectivity index (χ3n) is 1.21. The Morgan fingerprint density at radius 3 is 2.70 bits per heavy atom. The summed E-state index contributed by atoms with van der Waals surface area (Å²) < 4.78 is 1.53. The summed E-state index contributed by atoms with van der Waals surface area (Å²) in [6, 6.07) is 0. The molecular formula is C5H11N5. The lowest BCUT2D eigenvalue weighted by atomic mass is 10.4. The largest absolute Gasteiger partial charge is 0.368 e. The van der Waals surface area contributed by atoms with Crippen LogP contribution in [0.25, 0.3) is 0 Å². The average Bonchev–Trinajstić information content (AvgIpc) is 2.14. The summed E-state index contributed by atoms with van der Waals surface area (Å²) in [6.07, 6.45) is 0.686.